The van der Waals surface area contributed by atoms with E-state index in [4.69, 9.17) is 14.3 Å². The minimum Gasteiger partial charge on any atom is -0.496 e. The van der Waals surface area contributed by atoms with Gasteiger partial charge in [0, 0.05) is 12.0 Å². The number of aliphatic carboxylic acids is 1. The minimum atomic E-state index is -1.17. The van der Waals surface area contributed by atoms with Crippen LogP contribution in [0.4, 0.5) is 0 Å². The number of nitrogens with one attached hydrogen (secondary N) is 1. The lowest BCUT2D eigenvalue weighted by Crippen LogP contribution is -2.45. The van der Waals surface area contributed by atoms with Crippen LogP contribution in [0.25, 0.3) is 11.1 Å². The second-order valence-electron chi connectivity index (χ2n) is 7.79. The molecule has 0 bridgehead atoms. The van der Waals surface area contributed by atoms with Crippen LogP contribution in [0.15, 0.2) is 71.9 Å². The maximum atomic E-state index is 12.9. The maximum absolute atomic E-state index is 12.9. The molecule has 1 amide bonds. The highest BCUT2D eigenvalue weighted by molar-refractivity contribution is 6.45. The third kappa shape index (κ3) is 6.17. The second-order valence-corrected chi connectivity index (χ2v) is 7.79. The molecule has 0 heterocycles. The topological polar surface area (TPSA) is 106 Å². The highest BCUT2D eigenvalue weighted by Crippen LogP contribution is 2.38. The van der Waals surface area contributed by atoms with E-state index in [-0.39, 0.29) is 12.1 Å². The van der Waals surface area contributed by atoms with Crippen LogP contribution in [0.2, 0.25) is 0 Å². The molecule has 2 N–H and O–H groups in total. The predicted octanol–water partition coefficient (Wildman–Crippen LogP) is 3.84. The molecule has 8 heteroatoms. The van der Waals surface area contributed by atoms with E-state index in [0.717, 1.165) is 22.3 Å². The number of methoxy groups -OCH3 is 2. The summed E-state index contributed by atoms with van der Waals surface area (Å²) in [6.07, 6.45) is 0.0819. The molecule has 0 aliphatic rings. The second kappa shape index (κ2) is 11.7. The van der Waals surface area contributed by atoms with E-state index in [2.05, 4.69) is 10.5 Å². The molecule has 0 aliphatic carbocycles. The normalized spacial score (nSPS) is 11.9. The van der Waals surface area contributed by atoms with Gasteiger partial charge in [0.15, 0.2) is 5.71 Å². The number of oxime groups is 1. The van der Waals surface area contributed by atoms with Gasteiger partial charge in [-0.15, -0.1) is 0 Å². The number of nitrogens with zero attached hydrogens (tertiary/aromatic N) is 1. The van der Waals surface area contributed by atoms with Gasteiger partial charge in [0.2, 0.25) is 0 Å². The Morgan fingerprint density at radius 3 is 2.03 bits per heavy atom. The molecule has 0 aliphatic heterocycles. The Hall–Kier alpha value is -4.33. The Kier molecular flexibility index (Phi) is 8.45. The predicted molar refractivity (Wildman–Crippen MR) is 133 cm³/mol. The van der Waals surface area contributed by atoms with E-state index in [0.29, 0.717) is 17.1 Å². The summed E-state index contributed by atoms with van der Waals surface area (Å²) < 4.78 is 10.9. The van der Waals surface area contributed by atoms with Gasteiger partial charge < -0.3 is 24.7 Å². The molecule has 182 valence electrons. The number of ether oxygens (including phenoxy) is 2. The van der Waals surface area contributed by atoms with Crippen LogP contribution >= 0.6 is 0 Å². The summed E-state index contributed by atoms with van der Waals surface area (Å²) in [5.74, 6) is -0.476. The molecular weight excluding hydrogens is 448 g/mol. The molecule has 0 fully saturated rings. The van der Waals surface area contributed by atoms with Crippen molar-refractivity contribution in [3.05, 3.63) is 83.4 Å². The van der Waals surface area contributed by atoms with Crippen LogP contribution in [0.5, 0.6) is 11.5 Å². The number of hydrogen-bond donors (Lipinski definition) is 2. The molecule has 1 atom stereocenters. The highest BCUT2D eigenvalue weighted by Gasteiger charge is 2.24. The standard InChI is InChI=1S/C27H28N2O6/c1-17-8-12-20(13-9-17)25(29-35-4)26(30)28-21(27(31)32)16-18-10-14-19(15-11-18)24-22(33-2)6-5-7-23(24)34-3/h5-15,21H,16H2,1-4H3,(H,28,30)(H,31,32)/t21-/m0/s1. The molecule has 3 aromatic rings. The summed E-state index contributed by atoms with van der Waals surface area (Å²) in [6.45, 7) is 1.92. The zero-order chi connectivity index (χ0) is 25.4. The van der Waals surface area contributed by atoms with Crippen LogP contribution in [-0.4, -0.2) is 50.1 Å². The fourth-order valence-electron chi connectivity index (χ4n) is 3.63. The Labute approximate surface area is 204 Å². The smallest absolute Gasteiger partial charge is 0.326 e. The quantitative estimate of drug-likeness (QED) is 0.340. The first-order valence-corrected chi connectivity index (χ1v) is 10.9. The molecule has 0 radical (unpaired) electrons. The summed E-state index contributed by atoms with van der Waals surface area (Å²) in [5, 5.41) is 16.1. The molecule has 0 unspecified atom stereocenters. The van der Waals surface area contributed by atoms with Crippen LogP contribution < -0.4 is 14.8 Å². The Balaban J connectivity index is 1.80. The molecule has 0 aromatic heterocycles. The van der Waals surface area contributed by atoms with Gasteiger partial charge in [-0.3, -0.25) is 4.79 Å². The minimum absolute atomic E-state index is 0.00244. The van der Waals surface area contributed by atoms with E-state index in [1.54, 1.807) is 26.4 Å². The van der Waals surface area contributed by atoms with Crippen LogP contribution in [0, 0.1) is 6.92 Å². The van der Waals surface area contributed by atoms with Crippen molar-refractivity contribution in [1.82, 2.24) is 5.32 Å². The van der Waals surface area contributed by atoms with Gasteiger partial charge in [-0.25, -0.2) is 4.79 Å². The first-order valence-electron chi connectivity index (χ1n) is 10.9. The molecular formula is C27H28N2O6. The summed E-state index contributed by atoms with van der Waals surface area (Å²) in [7, 11) is 4.50. The van der Waals surface area contributed by atoms with Gasteiger partial charge in [0.25, 0.3) is 5.91 Å². The molecule has 3 aromatic carbocycles. The molecule has 3 rings (SSSR count). The Morgan fingerprint density at radius 1 is 0.914 bits per heavy atom. The summed E-state index contributed by atoms with van der Waals surface area (Å²) in [6, 6.07) is 18.8. The van der Waals surface area contributed by atoms with E-state index in [1.165, 1.54) is 7.11 Å². The van der Waals surface area contributed by atoms with Crippen molar-refractivity contribution in [3.63, 3.8) is 0 Å². The summed E-state index contributed by atoms with van der Waals surface area (Å²) in [4.78, 5) is 29.7. The van der Waals surface area contributed by atoms with Gasteiger partial charge in [-0.2, -0.15) is 0 Å². The number of carboxylic acid groups (broad SMARTS) is 1. The molecule has 0 saturated carbocycles. The number of hydrogen-bond acceptors (Lipinski definition) is 6. The monoisotopic (exact) mass is 476 g/mol. The summed E-state index contributed by atoms with van der Waals surface area (Å²) >= 11 is 0. The lowest BCUT2D eigenvalue weighted by molar-refractivity contribution is -0.141. The average Bonchev–Trinajstić information content (AvgIpc) is 2.87. The fraction of sp³-hybridized carbons (Fsp3) is 0.222. The van der Waals surface area contributed by atoms with E-state index < -0.39 is 17.9 Å². The third-order valence-corrected chi connectivity index (χ3v) is 5.44. The lowest BCUT2D eigenvalue weighted by Gasteiger charge is -2.16. The largest absolute Gasteiger partial charge is 0.496 e. The average molecular weight is 477 g/mol. The third-order valence-electron chi connectivity index (χ3n) is 5.44. The van der Waals surface area contributed by atoms with E-state index in [1.807, 2.05) is 61.5 Å². The van der Waals surface area contributed by atoms with Crippen molar-refractivity contribution >= 4 is 17.6 Å². The first kappa shape index (κ1) is 25.3. The molecule has 0 saturated heterocycles. The van der Waals surface area contributed by atoms with Crippen molar-refractivity contribution in [2.45, 2.75) is 19.4 Å². The SMILES string of the molecule is CON=C(C(=O)N[C@@H](Cc1ccc(-c2c(OC)cccc2OC)cc1)C(=O)O)c1ccc(C)cc1. The fourth-order valence-corrected chi connectivity index (χ4v) is 3.63. The van der Waals surface area contributed by atoms with Crippen LogP contribution in [-0.2, 0) is 20.8 Å². The first-order chi connectivity index (χ1) is 16.9. The number of benzene rings is 3. The highest BCUT2D eigenvalue weighted by atomic mass is 16.6. The van der Waals surface area contributed by atoms with Crippen molar-refractivity contribution in [2.75, 3.05) is 21.3 Å². The Bertz CT molecular complexity index is 1180. The van der Waals surface area contributed by atoms with Gasteiger partial charge >= 0.3 is 5.97 Å². The number of amides is 1. The maximum Gasteiger partial charge on any atom is 0.326 e. The number of carbonyl (C=O) groups excluding carboxylic acids is 1. The van der Waals surface area contributed by atoms with Gasteiger partial charge in [-0.05, 0) is 30.2 Å². The molecule has 0 spiro atoms. The number of rotatable bonds is 10. The van der Waals surface area contributed by atoms with Crippen LogP contribution in [0.1, 0.15) is 16.7 Å². The van der Waals surface area contributed by atoms with Gasteiger partial charge in [0.1, 0.15) is 24.7 Å². The van der Waals surface area contributed by atoms with Crippen LogP contribution in [0.3, 0.4) is 0 Å². The number of carboxylic acids is 1. The number of aryl methyl sites for hydroxylation is 1. The molecule has 8 nitrogen and oxygen atoms in total. The van der Waals surface area contributed by atoms with Gasteiger partial charge in [0.05, 0.1) is 19.8 Å². The zero-order valence-electron chi connectivity index (χ0n) is 20.1. The van der Waals surface area contributed by atoms with E-state index in [9.17, 15) is 14.7 Å². The molecule has 35 heavy (non-hydrogen) atoms. The zero-order valence-corrected chi connectivity index (χ0v) is 20.1. The van der Waals surface area contributed by atoms with Crippen molar-refractivity contribution in [2.24, 2.45) is 5.16 Å². The van der Waals surface area contributed by atoms with Crippen molar-refractivity contribution < 1.29 is 29.0 Å². The van der Waals surface area contributed by atoms with Crippen molar-refractivity contribution in [3.8, 4) is 22.6 Å². The van der Waals surface area contributed by atoms with Gasteiger partial charge in [-0.1, -0.05) is 65.3 Å². The lowest BCUT2D eigenvalue weighted by atomic mass is 9.99. The number of carbonyl (C=O) groups is 2. The van der Waals surface area contributed by atoms with Crippen molar-refractivity contribution in [1.29, 1.82) is 0 Å². The Morgan fingerprint density at radius 2 is 1.51 bits per heavy atom. The van der Waals surface area contributed by atoms with E-state index >= 15 is 0 Å². The summed E-state index contributed by atoms with van der Waals surface area (Å²) in [5.41, 5.74) is 3.92.